The fourth-order valence-corrected chi connectivity index (χ4v) is 3.49. The van der Waals surface area contributed by atoms with E-state index in [1.807, 2.05) is 18.0 Å². The third-order valence-corrected chi connectivity index (χ3v) is 4.64. The van der Waals surface area contributed by atoms with Crippen molar-refractivity contribution in [3.8, 4) is 0 Å². The molecule has 0 bridgehead atoms. The maximum absolute atomic E-state index is 12.5. The first-order valence-corrected chi connectivity index (χ1v) is 7.86. The van der Waals surface area contributed by atoms with Crippen molar-refractivity contribution < 1.29 is 4.79 Å². The number of carbonyl (C=O) groups is 1. The number of rotatable bonds is 3. The molecule has 1 aliphatic carbocycles. The van der Waals surface area contributed by atoms with Crippen LogP contribution in [0.3, 0.4) is 0 Å². The summed E-state index contributed by atoms with van der Waals surface area (Å²) in [7, 11) is 1.94. The SMILES string of the molecule is CN(CC1CCCC1)C(=O)c1ccc2c(c1)CCCN2. The van der Waals surface area contributed by atoms with E-state index in [-0.39, 0.29) is 5.91 Å². The number of hydrogen-bond acceptors (Lipinski definition) is 2. The first-order chi connectivity index (χ1) is 9.74. The molecule has 1 aliphatic heterocycles. The minimum atomic E-state index is 0.172. The van der Waals surface area contributed by atoms with Gasteiger partial charge in [0.2, 0.25) is 0 Å². The molecule has 2 aliphatic rings. The lowest BCUT2D eigenvalue weighted by Gasteiger charge is -2.23. The summed E-state index contributed by atoms with van der Waals surface area (Å²) in [5, 5.41) is 3.39. The molecule has 1 N–H and O–H groups in total. The highest BCUT2D eigenvalue weighted by Crippen LogP contribution is 2.26. The van der Waals surface area contributed by atoms with E-state index in [2.05, 4.69) is 17.4 Å². The van der Waals surface area contributed by atoms with Gasteiger partial charge in [0.05, 0.1) is 0 Å². The summed E-state index contributed by atoms with van der Waals surface area (Å²) in [5.74, 6) is 0.883. The van der Waals surface area contributed by atoms with Crippen LogP contribution < -0.4 is 5.32 Å². The third kappa shape index (κ3) is 2.82. The first-order valence-electron chi connectivity index (χ1n) is 7.86. The van der Waals surface area contributed by atoms with Crippen molar-refractivity contribution in [2.75, 3.05) is 25.5 Å². The fraction of sp³-hybridized carbons (Fsp3) is 0.588. The van der Waals surface area contributed by atoms with Crippen LogP contribution in [0.4, 0.5) is 5.69 Å². The lowest BCUT2D eigenvalue weighted by Crippen LogP contribution is -2.31. The van der Waals surface area contributed by atoms with Crippen LogP contribution in [-0.2, 0) is 6.42 Å². The van der Waals surface area contributed by atoms with Gasteiger partial charge in [0.15, 0.2) is 0 Å². The van der Waals surface area contributed by atoms with Gasteiger partial charge in [0.25, 0.3) is 5.91 Å². The van der Waals surface area contributed by atoms with E-state index in [4.69, 9.17) is 0 Å². The number of benzene rings is 1. The molecule has 1 heterocycles. The zero-order valence-electron chi connectivity index (χ0n) is 12.3. The lowest BCUT2D eigenvalue weighted by atomic mass is 10.00. The van der Waals surface area contributed by atoms with Crippen LogP contribution >= 0.6 is 0 Å². The summed E-state index contributed by atoms with van der Waals surface area (Å²) in [6, 6.07) is 6.10. The number of amides is 1. The van der Waals surface area contributed by atoms with Crippen LogP contribution in [0.25, 0.3) is 0 Å². The molecule has 3 nitrogen and oxygen atoms in total. The van der Waals surface area contributed by atoms with Gasteiger partial charge in [-0.2, -0.15) is 0 Å². The Bertz CT molecular complexity index is 492. The molecule has 0 spiro atoms. The predicted molar refractivity (Wildman–Crippen MR) is 82.2 cm³/mol. The van der Waals surface area contributed by atoms with E-state index in [1.165, 1.54) is 36.9 Å². The van der Waals surface area contributed by atoms with Crippen molar-refractivity contribution in [1.29, 1.82) is 0 Å². The van der Waals surface area contributed by atoms with Gasteiger partial charge < -0.3 is 10.2 Å². The van der Waals surface area contributed by atoms with Gasteiger partial charge in [-0.05, 0) is 55.4 Å². The molecular weight excluding hydrogens is 248 g/mol. The number of carbonyl (C=O) groups excluding carboxylic acids is 1. The van der Waals surface area contributed by atoms with Gasteiger partial charge in [-0.3, -0.25) is 4.79 Å². The predicted octanol–water partition coefficient (Wildman–Crippen LogP) is 3.31. The smallest absolute Gasteiger partial charge is 0.253 e. The minimum Gasteiger partial charge on any atom is -0.385 e. The summed E-state index contributed by atoms with van der Waals surface area (Å²) in [5.41, 5.74) is 3.33. The van der Waals surface area contributed by atoms with E-state index in [1.54, 1.807) is 0 Å². The molecule has 0 saturated heterocycles. The second-order valence-electron chi connectivity index (χ2n) is 6.24. The van der Waals surface area contributed by atoms with Crippen LogP contribution in [0.5, 0.6) is 0 Å². The first kappa shape index (κ1) is 13.5. The van der Waals surface area contributed by atoms with E-state index in [0.29, 0.717) is 5.92 Å². The maximum Gasteiger partial charge on any atom is 0.253 e. The summed E-state index contributed by atoms with van der Waals surface area (Å²) in [4.78, 5) is 14.4. The van der Waals surface area contributed by atoms with Crippen molar-refractivity contribution in [3.63, 3.8) is 0 Å². The molecule has 1 aromatic rings. The molecular formula is C17H24N2O. The number of nitrogens with one attached hydrogen (secondary N) is 1. The Morgan fingerprint density at radius 3 is 2.90 bits per heavy atom. The third-order valence-electron chi connectivity index (χ3n) is 4.64. The Labute approximate surface area is 121 Å². The molecule has 1 aromatic carbocycles. The van der Waals surface area contributed by atoms with Crippen molar-refractivity contribution in [1.82, 2.24) is 4.90 Å². The van der Waals surface area contributed by atoms with Crippen molar-refractivity contribution >= 4 is 11.6 Å². The molecule has 1 fully saturated rings. The maximum atomic E-state index is 12.5. The van der Waals surface area contributed by atoms with Crippen LogP contribution in [0.15, 0.2) is 18.2 Å². The lowest BCUT2D eigenvalue weighted by molar-refractivity contribution is 0.0773. The Morgan fingerprint density at radius 2 is 2.10 bits per heavy atom. The molecule has 3 rings (SSSR count). The van der Waals surface area contributed by atoms with Gasteiger partial charge in [-0.15, -0.1) is 0 Å². The van der Waals surface area contributed by atoms with E-state index in [0.717, 1.165) is 31.5 Å². The molecule has 108 valence electrons. The van der Waals surface area contributed by atoms with Crippen LogP contribution in [-0.4, -0.2) is 30.9 Å². The molecule has 0 aromatic heterocycles. The molecule has 0 atom stereocenters. The number of hydrogen-bond donors (Lipinski definition) is 1. The van der Waals surface area contributed by atoms with Gasteiger partial charge in [-0.1, -0.05) is 12.8 Å². The molecule has 1 saturated carbocycles. The number of aryl methyl sites for hydroxylation is 1. The monoisotopic (exact) mass is 272 g/mol. The minimum absolute atomic E-state index is 0.172. The molecule has 1 amide bonds. The zero-order valence-corrected chi connectivity index (χ0v) is 12.3. The molecule has 0 radical (unpaired) electrons. The fourth-order valence-electron chi connectivity index (χ4n) is 3.49. The Kier molecular flexibility index (Phi) is 3.95. The summed E-state index contributed by atoms with van der Waals surface area (Å²) >= 11 is 0. The highest BCUT2D eigenvalue weighted by Gasteiger charge is 2.21. The average molecular weight is 272 g/mol. The molecule has 20 heavy (non-hydrogen) atoms. The topological polar surface area (TPSA) is 32.3 Å². The quantitative estimate of drug-likeness (QED) is 0.915. The second-order valence-corrected chi connectivity index (χ2v) is 6.24. The van der Waals surface area contributed by atoms with Gasteiger partial charge in [-0.25, -0.2) is 0 Å². The Hall–Kier alpha value is -1.51. The Morgan fingerprint density at radius 1 is 1.30 bits per heavy atom. The summed E-state index contributed by atoms with van der Waals surface area (Å²) in [6.07, 6.45) is 7.46. The van der Waals surface area contributed by atoms with Crippen LogP contribution in [0.1, 0.15) is 48.0 Å². The standard InChI is InChI=1S/C17H24N2O/c1-19(12-13-5-2-3-6-13)17(20)15-8-9-16-14(11-15)7-4-10-18-16/h8-9,11,13,18H,2-7,10,12H2,1H3. The van der Waals surface area contributed by atoms with E-state index >= 15 is 0 Å². The van der Waals surface area contributed by atoms with Crippen molar-refractivity contribution in [2.24, 2.45) is 5.92 Å². The van der Waals surface area contributed by atoms with Crippen LogP contribution in [0, 0.1) is 5.92 Å². The van der Waals surface area contributed by atoms with Gasteiger partial charge in [0.1, 0.15) is 0 Å². The largest absolute Gasteiger partial charge is 0.385 e. The average Bonchev–Trinajstić information content (AvgIpc) is 2.99. The van der Waals surface area contributed by atoms with Crippen LogP contribution in [0.2, 0.25) is 0 Å². The molecule has 0 unspecified atom stereocenters. The van der Waals surface area contributed by atoms with Crippen molar-refractivity contribution in [2.45, 2.75) is 38.5 Å². The number of fused-ring (bicyclic) bond motifs is 1. The number of anilines is 1. The highest BCUT2D eigenvalue weighted by atomic mass is 16.2. The van der Waals surface area contributed by atoms with E-state index < -0.39 is 0 Å². The van der Waals surface area contributed by atoms with Crippen molar-refractivity contribution in [3.05, 3.63) is 29.3 Å². The zero-order chi connectivity index (χ0) is 13.9. The molecule has 3 heteroatoms. The summed E-state index contributed by atoms with van der Waals surface area (Å²) < 4.78 is 0. The van der Waals surface area contributed by atoms with Gasteiger partial charge in [0, 0.05) is 31.4 Å². The van der Waals surface area contributed by atoms with E-state index in [9.17, 15) is 4.79 Å². The summed E-state index contributed by atoms with van der Waals surface area (Å²) in [6.45, 7) is 1.95. The number of nitrogens with zero attached hydrogens (tertiary/aromatic N) is 1. The second kappa shape index (κ2) is 5.86. The Balaban J connectivity index is 1.69. The van der Waals surface area contributed by atoms with Gasteiger partial charge >= 0.3 is 0 Å². The normalized spacial score (nSPS) is 18.4. The highest BCUT2D eigenvalue weighted by molar-refractivity contribution is 5.94.